The van der Waals surface area contributed by atoms with Gasteiger partial charge in [0.2, 0.25) is 0 Å². The number of hydrogen-bond donors (Lipinski definition) is 0. The van der Waals surface area contributed by atoms with Crippen LogP contribution in [0.4, 0.5) is 0 Å². The fraction of sp³-hybridized carbons (Fsp3) is 0. The second kappa shape index (κ2) is 5.43. The summed E-state index contributed by atoms with van der Waals surface area (Å²) in [5.41, 5.74) is 1.41. The van der Waals surface area contributed by atoms with Crippen molar-refractivity contribution in [3.05, 3.63) is 52.9 Å². The number of carbonyl (C=O) groups excluding carboxylic acids is 1. The normalized spacial score (nSPS) is 10.2. The number of hydrogen-bond acceptors (Lipinski definition) is 2. The van der Waals surface area contributed by atoms with Crippen LogP contribution in [0.1, 0.15) is 16.3 Å². The first kappa shape index (κ1) is 13.6. The van der Waals surface area contributed by atoms with Crippen LogP contribution in [0, 0.1) is 0 Å². The van der Waals surface area contributed by atoms with Gasteiger partial charge in [-0.15, -0.1) is 0 Å². The summed E-state index contributed by atoms with van der Waals surface area (Å²) in [6, 6.07) is 5.00. The molecule has 5 heteroatoms. The van der Waals surface area contributed by atoms with Gasteiger partial charge in [-0.05, 0) is 24.3 Å². The molecule has 0 saturated heterocycles. The van der Waals surface area contributed by atoms with E-state index in [4.69, 9.17) is 23.2 Å². The molecule has 0 atom stereocenters. The Morgan fingerprint density at radius 1 is 1.26 bits per heavy atom. The van der Waals surface area contributed by atoms with Crippen molar-refractivity contribution < 1.29 is 4.79 Å². The molecule has 0 aliphatic carbocycles. The summed E-state index contributed by atoms with van der Waals surface area (Å²) in [5.74, 6) is 0.517. The van der Waals surface area contributed by atoms with Crippen LogP contribution in [0.5, 0.6) is 0 Å². The zero-order valence-corrected chi connectivity index (χ0v) is 11.4. The van der Waals surface area contributed by atoms with Gasteiger partial charge in [0.25, 0.3) is 0 Å². The molecule has 0 N–H and O–H groups in total. The van der Waals surface area contributed by atoms with E-state index >= 15 is 0 Å². The van der Waals surface area contributed by atoms with Crippen LogP contribution in [0.15, 0.2) is 31.4 Å². The summed E-state index contributed by atoms with van der Waals surface area (Å²) in [4.78, 5) is 15.6. The maximum absolute atomic E-state index is 11.3. The number of halogens is 2. The van der Waals surface area contributed by atoms with Crippen molar-refractivity contribution in [3.63, 3.8) is 0 Å². The highest BCUT2D eigenvalue weighted by Crippen LogP contribution is 2.32. The third-order valence-corrected chi connectivity index (χ3v) is 3.20. The van der Waals surface area contributed by atoms with Gasteiger partial charge in [-0.3, -0.25) is 9.36 Å². The van der Waals surface area contributed by atoms with Crippen LogP contribution in [-0.2, 0) is 0 Å². The molecular weight excluding hydrogens is 283 g/mol. The maximum Gasteiger partial charge on any atom is 0.169 e. The van der Waals surface area contributed by atoms with Crippen molar-refractivity contribution >= 4 is 41.8 Å². The number of nitrogens with zero attached hydrogens (tertiary/aromatic N) is 2. The molecular formula is C14H10Cl2N2O. The van der Waals surface area contributed by atoms with Crippen LogP contribution < -0.4 is 0 Å². The summed E-state index contributed by atoms with van der Waals surface area (Å²) < 4.78 is 1.55. The second-order valence-corrected chi connectivity index (χ2v) is 4.55. The molecule has 0 amide bonds. The molecule has 96 valence electrons. The lowest BCUT2D eigenvalue weighted by Gasteiger charge is -2.03. The minimum absolute atomic E-state index is 0.356. The van der Waals surface area contributed by atoms with Crippen LogP contribution in [0.2, 0.25) is 10.0 Å². The molecule has 2 aromatic rings. The molecule has 0 aliphatic rings. The molecule has 0 radical (unpaired) electrons. The minimum Gasteiger partial charge on any atom is -0.297 e. The van der Waals surface area contributed by atoms with Crippen molar-refractivity contribution in [3.8, 4) is 11.3 Å². The number of carbonyl (C=O) groups is 1. The third-order valence-electron chi connectivity index (χ3n) is 2.64. The van der Waals surface area contributed by atoms with E-state index in [1.807, 2.05) is 0 Å². The SMILES string of the molecule is C=Cc1nc(-c2cc(Cl)ccc2Cl)c(C=O)n1C=C. The summed E-state index contributed by atoms with van der Waals surface area (Å²) in [5, 5.41) is 0.987. The van der Waals surface area contributed by atoms with E-state index in [1.54, 1.807) is 22.8 Å². The van der Waals surface area contributed by atoms with E-state index < -0.39 is 0 Å². The second-order valence-electron chi connectivity index (χ2n) is 3.70. The zero-order valence-electron chi connectivity index (χ0n) is 9.94. The van der Waals surface area contributed by atoms with Crippen molar-refractivity contribution in [1.82, 2.24) is 9.55 Å². The Morgan fingerprint density at radius 3 is 2.58 bits per heavy atom. The molecule has 0 bridgehead atoms. The van der Waals surface area contributed by atoms with Crippen LogP contribution >= 0.6 is 23.2 Å². The molecule has 1 aromatic carbocycles. The molecule has 0 saturated carbocycles. The molecule has 1 heterocycles. The van der Waals surface area contributed by atoms with E-state index in [1.165, 1.54) is 12.3 Å². The predicted molar refractivity (Wildman–Crippen MR) is 79.5 cm³/mol. The van der Waals surface area contributed by atoms with Crippen LogP contribution in [0.3, 0.4) is 0 Å². The van der Waals surface area contributed by atoms with Gasteiger partial charge in [-0.1, -0.05) is 36.4 Å². The third kappa shape index (κ3) is 2.35. The topological polar surface area (TPSA) is 34.9 Å². The van der Waals surface area contributed by atoms with E-state index in [2.05, 4.69) is 18.1 Å². The molecule has 0 unspecified atom stereocenters. The number of aldehydes is 1. The van der Waals surface area contributed by atoms with Crippen molar-refractivity contribution in [2.24, 2.45) is 0 Å². The lowest BCUT2D eigenvalue weighted by Crippen LogP contribution is -1.96. The molecule has 3 nitrogen and oxygen atoms in total. The minimum atomic E-state index is 0.356. The Balaban J connectivity index is 2.78. The lowest BCUT2D eigenvalue weighted by molar-refractivity contribution is 0.111. The van der Waals surface area contributed by atoms with E-state index in [0.29, 0.717) is 39.1 Å². The Hall–Kier alpha value is -1.84. The monoisotopic (exact) mass is 292 g/mol. The van der Waals surface area contributed by atoms with Gasteiger partial charge in [0.1, 0.15) is 17.2 Å². The molecule has 0 aliphatic heterocycles. The molecule has 19 heavy (non-hydrogen) atoms. The first-order chi connectivity index (χ1) is 9.12. The first-order valence-electron chi connectivity index (χ1n) is 5.40. The highest BCUT2D eigenvalue weighted by molar-refractivity contribution is 6.35. The van der Waals surface area contributed by atoms with Gasteiger partial charge in [0.15, 0.2) is 6.29 Å². The maximum atomic E-state index is 11.3. The fourth-order valence-corrected chi connectivity index (χ4v) is 2.17. The van der Waals surface area contributed by atoms with Gasteiger partial charge in [0, 0.05) is 16.8 Å². The number of rotatable bonds is 4. The van der Waals surface area contributed by atoms with E-state index in [9.17, 15) is 4.79 Å². The number of aromatic nitrogens is 2. The van der Waals surface area contributed by atoms with Gasteiger partial charge in [-0.2, -0.15) is 0 Å². The summed E-state index contributed by atoms with van der Waals surface area (Å²) in [6.07, 6.45) is 3.74. The van der Waals surface area contributed by atoms with Crippen molar-refractivity contribution in [2.45, 2.75) is 0 Å². The largest absolute Gasteiger partial charge is 0.297 e. The highest BCUT2D eigenvalue weighted by atomic mass is 35.5. The summed E-state index contributed by atoms with van der Waals surface area (Å²) in [7, 11) is 0. The Kier molecular flexibility index (Phi) is 3.88. The number of benzene rings is 1. The smallest absolute Gasteiger partial charge is 0.169 e. The standard InChI is InChI=1S/C14H10Cl2N2O/c1-3-13-17-14(12(8-19)18(13)4-2)10-7-9(15)5-6-11(10)16/h3-8H,1-2H2. The molecule has 0 spiro atoms. The Labute approximate surface area is 120 Å². The van der Waals surface area contributed by atoms with Crippen LogP contribution in [0.25, 0.3) is 23.5 Å². The highest BCUT2D eigenvalue weighted by Gasteiger charge is 2.17. The van der Waals surface area contributed by atoms with Gasteiger partial charge < -0.3 is 0 Å². The Morgan fingerprint density at radius 2 is 2.00 bits per heavy atom. The predicted octanol–water partition coefficient (Wildman–Crippen LogP) is 4.41. The lowest BCUT2D eigenvalue weighted by atomic mass is 10.1. The summed E-state index contributed by atoms with van der Waals surface area (Å²) >= 11 is 12.1. The van der Waals surface area contributed by atoms with Gasteiger partial charge >= 0.3 is 0 Å². The molecule has 1 aromatic heterocycles. The number of imidazole rings is 1. The Bertz CT molecular complexity index is 674. The average molecular weight is 293 g/mol. The fourth-order valence-electron chi connectivity index (χ4n) is 1.79. The van der Waals surface area contributed by atoms with E-state index in [-0.39, 0.29) is 0 Å². The molecule has 2 rings (SSSR count). The van der Waals surface area contributed by atoms with E-state index in [0.717, 1.165) is 0 Å². The molecule has 0 fully saturated rings. The zero-order chi connectivity index (χ0) is 14.0. The van der Waals surface area contributed by atoms with Crippen molar-refractivity contribution in [2.75, 3.05) is 0 Å². The van der Waals surface area contributed by atoms with Gasteiger partial charge in [0.05, 0.1) is 5.02 Å². The van der Waals surface area contributed by atoms with Gasteiger partial charge in [-0.25, -0.2) is 4.98 Å². The quantitative estimate of drug-likeness (QED) is 0.782. The summed E-state index contributed by atoms with van der Waals surface area (Å²) in [6.45, 7) is 7.31. The average Bonchev–Trinajstić information content (AvgIpc) is 2.78. The first-order valence-corrected chi connectivity index (χ1v) is 6.15. The van der Waals surface area contributed by atoms with Crippen LogP contribution in [-0.4, -0.2) is 15.8 Å². The van der Waals surface area contributed by atoms with Crippen molar-refractivity contribution in [1.29, 1.82) is 0 Å².